The van der Waals surface area contributed by atoms with Crippen LogP contribution in [-0.2, 0) is 10.9 Å². The second kappa shape index (κ2) is 4.62. The lowest BCUT2D eigenvalue weighted by molar-refractivity contribution is -0.141. The zero-order valence-corrected chi connectivity index (χ0v) is 8.94. The van der Waals surface area contributed by atoms with Crippen molar-refractivity contribution < 1.29 is 23.0 Å². The number of nitrogens with zero attached hydrogens (tertiary/aromatic N) is 1. The highest BCUT2D eigenvalue weighted by Crippen LogP contribution is 2.37. The van der Waals surface area contributed by atoms with Gasteiger partial charge in [0.2, 0.25) is 0 Å². The summed E-state index contributed by atoms with van der Waals surface area (Å²) in [6.45, 7) is 0.250. The summed E-state index contributed by atoms with van der Waals surface area (Å²) in [6, 6.07) is 2.22. The normalized spacial score (nSPS) is 25.9. The van der Waals surface area contributed by atoms with Crippen LogP contribution in [0.25, 0.3) is 0 Å². The minimum Gasteiger partial charge on any atom is -0.393 e. The van der Waals surface area contributed by atoms with Gasteiger partial charge in [0.25, 0.3) is 0 Å². The Hall–Kier alpha value is -1.14. The molecular weight excluding hydrogens is 235 g/mol. The van der Waals surface area contributed by atoms with Crippen molar-refractivity contribution in [1.29, 1.82) is 0 Å². The average Bonchev–Trinajstić information content (AvgIpc) is 2.28. The molecule has 1 aliphatic heterocycles. The first-order valence-corrected chi connectivity index (χ1v) is 5.30. The van der Waals surface area contributed by atoms with Crippen LogP contribution < -0.4 is 0 Å². The molecule has 0 bridgehead atoms. The van der Waals surface area contributed by atoms with Crippen LogP contribution in [0.5, 0.6) is 0 Å². The van der Waals surface area contributed by atoms with Gasteiger partial charge >= 0.3 is 6.18 Å². The first-order chi connectivity index (χ1) is 7.98. The van der Waals surface area contributed by atoms with E-state index in [9.17, 15) is 18.3 Å². The number of aliphatic hydroxyl groups is 1. The zero-order chi connectivity index (χ0) is 12.5. The lowest BCUT2D eigenvalue weighted by Crippen LogP contribution is -2.26. The van der Waals surface area contributed by atoms with E-state index in [2.05, 4.69) is 4.98 Å². The van der Waals surface area contributed by atoms with Crippen LogP contribution in [0, 0.1) is 0 Å². The maximum absolute atomic E-state index is 12.7. The number of halogens is 3. The summed E-state index contributed by atoms with van der Waals surface area (Å²) in [5, 5.41) is 9.45. The van der Waals surface area contributed by atoms with Gasteiger partial charge in [0.15, 0.2) is 0 Å². The number of aliphatic hydroxyl groups excluding tert-OH is 1. The molecule has 0 amide bonds. The molecule has 1 aromatic rings. The second-order valence-electron chi connectivity index (χ2n) is 3.97. The molecule has 0 radical (unpaired) electrons. The number of hydrogen-bond donors (Lipinski definition) is 1. The number of alkyl halides is 3. The predicted molar refractivity (Wildman–Crippen MR) is 53.2 cm³/mol. The molecule has 2 unspecified atom stereocenters. The lowest BCUT2D eigenvalue weighted by atomic mass is 10.00. The van der Waals surface area contributed by atoms with Gasteiger partial charge in [-0.1, -0.05) is 0 Å². The van der Waals surface area contributed by atoms with Crippen LogP contribution in [0.3, 0.4) is 0 Å². The molecule has 1 aliphatic rings. The molecule has 2 rings (SSSR count). The summed E-state index contributed by atoms with van der Waals surface area (Å²) in [5.41, 5.74) is -0.933. The Balaban J connectivity index is 2.31. The Labute approximate surface area is 96.2 Å². The summed E-state index contributed by atoms with van der Waals surface area (Å²) in [6.07, 6.45) is -3.96. The zero-order valence-electron chi connectivity index (χ0n) is 8.94. The summed E-state index contributed by atoms with van der Waals surface area (Å²) < 4.78 is 43.5. The highest BCUT2D eigenvalue weighted by Gasteiger charge is 2.37. The van der Waals surface area contributed by atoms with E-state index in [1.54, 1.807) is 0 Å². The third-order valence-corrected chi connectivity index (χ3v) is 2.71. The number of aromatic nitrogens is 1. The molecule has 2 heterocycles. The van der Waals surface area contributed by atoms with Gasteiger partial charge in [-0.3, -0.25) is 4.98 Å². The van der Waals surface area contributed by atoms with Gasteiger partial charge in [-0.25, -0.2) is 0 Å². The fourth-order valence-electron chi connectivity index (χ4n) is 1.88. The maximum atomic E-state index is 12.7. The van der Waals surface area contributed by atoms with Gasteiger partial charge in [0, 0.05) is 19.2 Å². The SMILES string of the molecule is OC1CCOC(c2ncccc2C(F)(F)F)C1. The van der Waals surface area contributed by atoms with Gasteiger partial charge < -0.3 is 9.84 Å². The molecule has 6 heteroatoms. The van der Waals surface area contributed by atoms with Gasteiger partial charge in [0.1, 0.15) is 6.10 Å². The first-order valence-electron chi connectivity index (χ1n) is 5.30. The molecule has 17 heavy (non-hydrogen) atoms. The Bertz CT molecular complexity index is 395. The van der Waals surface area contributed by atoms with Crippen LogP contribution in [0.2, 0.25) is 0 Å². The quantitative estimate of drug-likeness (QED) is 0.828. The molecule has 0 aliphatic carbocycles. The first kappa shape index (κ1) is 12.3. The Morgan fingerprint density at radius 2 is 2.18 bits per heavy atom. The molecule has 1 fully saturated rings. The van der Waals surface area contributed by atoms with Crippen molar-refractivity contribution in [3.63, 3.8) is 0 Å². The summed E-state index contributed by atoms with van der Waals surface area (Å²) in [5.74, 6) is 0. The molecule has 0 saturated carbocycles. The molecule has 1 aromatic heterocycles. The fourth-order valence-corrected chi connectivity index (χ4v) is 1.88. The number of ether oxygens (including phenoxy) is 1. The van der Waals surface area contributed by atoms with Crippen LogP contribution in [0.15, 0.2) is 18.3 Å². The largest absolute Gasteiger partial charge is 0.418 e. The Morgan fingerprint density at radius 1 is 1.41 bits per heavy atom. The van der Waals surface area contributed by atoms with Crippen molar-refractivity contribution in [2.45, 2.75) is 31.2 Å². The molecule has 94 valence electrons. The molecule has 1 N–H and O–H groups in total. The van der Waals surface area contributed by atoms with E-state index in [0.717, 1.165) is 6.07 Å². The van der Waals surface area contributed by atoms with Crippen molar-refractivity contribution in [2.75, 3.05) is 6.61 Å². The highest BCUT2D eigenvalue weighted by molar-refractivity contribution is 5.25. The standard InChI is InChI=1S/C11H12F3NO2/c12-11(13,14)8-2-1-4-15-10(8)9-6-7(16)3-5-17-9/h1-2,4,7,9,16H,3,5-6H2. The molecule has 3 nitrogen and oxygen atoms in total. The van der Waals surface area contributed by atoms with Gasteiger partial charge in [-0.15, -0.1) is 0 Å². The summed E-state index contributed by atoms with van der Waals surface area (Å²) in [4.78, 5) is 3.75. The summed E-state index contributed by atoms with van der Waals surface area (Å²) in [7, 11) is 0. The van der Waals surface area contributed by atoms with Gasteiger partial charge in [-0.05, 0) is 18.6 Å². The van der Waals surface area contributed by atoms with Crippen LogP contribution in [0.1, 0.15) is 30.2 Å². The molecule has 0 aromatic carbocycles. The average molecular weight is 247 g/mol. The number of hydrogen-bond acceptors (Lipinski definition) is 3. The predicted octanol–water partition coefficient (Wildman–Crippen LogP) is 2.31. The van der Waals surface area contributed by atoms with Gasteiger partial charge in [-0.2, -0.15) is 13.2 Å². The molecule has 1 saturated heterocycles. The van der Waals surface area contributed by atoms with Gasteiger partial charge in [0.05, 0.1) is 17.4 Å². The monoisotopic (exact) mass is 247 g/mol. The molecule has 0 spiro atoms. The van der Waals surface area contributed by atoms with Crippen molar-refractivity contribution in [3.8, 4) is 0 Å². The van der Waals surface area contributed by atoms with E-state index < -0.39 is 23.9 Å². The number of rotatable bonds is 1. The van der Waals surface area contributed by atoms with E-state index in [-0.39, 0.29) is 18.7 Å². The van der Waals surface area contributed by atoms with Crippen molar-refractivity contribution in [1.82, 2.24) is 4.98 Å². The Morgan fingerprint density at radius 3 is 2.82 bits per heavy atom. The minimum absolute atomic E-state index is 0.140. The number of pyridine rings is 1. The van der Waals surface area contributed by atoms with E-state index in [4.69, 9.17) is 4.74 Å². The lowest BCUT2D eigenvalue weighted by Gasteiger charge is -2.27. The van der Waals surface area contributed by atoms with Crippen molar-refractivity contribution >= 4 is 0 Å². The maximum Gasteiger partial charge on any atom is 0.418 e. The molecule has 2 atom stereocenters. The van der Waals surface area contributed by atoms with Crippen molar-refractivity contribution in [2.24, 2.45) is 0 Å². The smallest absolute Gasteiger partial charge is 0.393 e. The molecular formula is C11H12F3NO2. The summed E-state index contributed by atoms with van der Waals surface area (Å²) >= 11 is 0. The van der Waals surface area contributed by atoms with E-state index in [0.29, 0.717) is 6.42 Å². The van der Waals surface area contributed by atoms with E-state index in [1.807, 2.05) is 0 Å². The third kappa shape index (κ3) is 2.76. The van der Waals surface area contributed by atoms with Crippen LogP contribution in [0.4, 0.5) is 13.2 Å². The third-order valence-electron chi connectivity index (χ3n) is 2.71. The van der Waals surface area contributed by atoms with E-state index in [1.165, 1.54) is 12.3 Å². The fraction of sp³-hybridized carbons (Fsp3) is 0.545. The van der Waals surface area contributed by atoms with Crippen LogP contribution >= 0.6 is 0 Å². The second-order valence-corrected chi connectivity index (χ2v) is 3.97. The van der Waals surface area contributed by atoms with E-state index >= 15 is 0 Å². The minimum atomic E-state index is -4.45. The Kier molecular flexibility index (Phi) is 3.35. The van der Waals surface area contributed by atoms with Crippen LogP contribution in [-0.4, -0.2) is 22.8 Å². The topological polar surface area (TPSA) is 42.4 Å². The highest BCUT2D eigenvalue weighted by atomic mass is 19.4. The van der Waals surface area contributed by atoms with Crippen molar-refractivity contribution in [3.05, 3.63) is 29.6 Å².